The third-order valence-electron chi connectivity index (χ3n) is 2.81. The number of benzene rings is 1. The Morgan fingerprint density at radius 2 is 2.38 bits per heavy atom. The van der Waals surface area contributed by atoms with Gasteiger partial charge in [-0.3, -0.25) is 0 Å². The van der Waals surface area contributed by atoms with Crippen molar-refractivity contribution in [1.82, 2.24) is 0 Å². The van der Waals surface area contributed by atoms with Crippen LogP contribution in [0.3, 0.4) is 0 Å². The Labute approximate surface area is 104 Å². The predicted molar refractivity (Wildman–Crippen MR) is 66.7 cm³/mol. The quantitative estimate of drug-likeness (QED) is 0.776. The summed E-state index contributed by atoms with van der Waals surface area (Å²) in [5.74, 6) is -0.145. The molecular weight excluding hydrogens is 273 g/mol. The van der Waals surface area contributed by atoms with Gasteiger partial charge in [0.25, 0.3) is 0 Å². The Morgan fingerprint density at radius 1 is 1.56 bits per heavy atom. The van der Waals surface area contributed by atoms with Crippen molar-refractivity contribution in [2.24, 2.45) is 0 Å². The number of hydrogen-bond donors (Lipinski definition) is 0. The highest BCUT2D eigenvalue weighted by Crippen LogP contribution is 2.26. The van der Waals surface area contributed by atoms with E-state index in [9.17, 15) is 4.39 Å². The van der Waals surface area contributed by atoms with Gasteiger partial charge >= 0.3 is 0 Å². The second kappa shape index (κ2) is 5.15. The van der Waals surface area contributed by atoms with E-state index in [1.54, 1.807) is 6.07 Å². The maximum atomic E-state index is 13.6. The van der Waals surface area contributed by atoms with Crippen molar-refractivity contribution in [3.05, 3.63) is 29.6 Å². The van der Waals surface area contributed by atoms with Gasteiger partial charge in [-0.2, -0.15) is 0 Å². The lowest BCUT2D eigenvalue weighted by Crippen LogP contribution is -2.41. The molecule has 1 fully saturated rings. The van der Waals surface area contributed by atoms with Gasteiger partial charge in [-0.1, -0.05) is 22.0 Å². The summed E-state index contributed by atoms with van der Waals surface area (Å²) in [4.78, 5) is 2.19. The van der Waals surface area contributed by atoms with E-state index in [2.05, 4.69) is 20.8 Å². The first-order chi connectivity index (χ1) is 7.72. The third kappa shape index (κ3) is 2.38. The largest absolute Gasteiger partial charge is 0.375 e. The number of alkyl halides is 1. The van der Waals surface area contributed by atoms with E-state index in [4.69, 9.17) is 4.74 Å². The third-order valence-corrected chi connectivity index (χ3v) is 3.37. The average Bonchev–Trinajstić information content (AvgIpc) is 2.28. The molecule has 4 heteroatoms. The van der Waals surface area contributed by atoms with Gasteiger partial charge in [0.2, 0.25) is 0 Å². The lowest BCUT2D eigenvalue weighted by molar-refractivity contribution is 0.0531. The number of hydrogen-bond acceptors (Lipinski definition) is 2. The van der Waals surface area contributed by atoms with Crippen molar-refractivity contribution < 1.29 is 9.13 Å². The van der Waals surface area contributed by atoms with E-state index in [-0.39, 0.29) is 11.9 Å². The van der Waals surface area contributed by atoms with Crippen molar-refractivity contribution in [2.75, 3.05) is 24.6 Å². The Bertz CT molecular complexity index is 372. The predicted octanol–water partition coefficient (Wildman–Crippen LogP) is 2.95. The molecule has 88 valence electrons. The molecule has 16 heavy (non-hydrogen) atoms. The van der Waals surface area contributed by atoms with Gasteiger partial charge in [0.15, 0.2) is 0 Å². The maximum Gasteiger partial charge on any atom is 0.129 e. The van der Waals surface area contributed by atoms with Gasteiger partial charge in [-0.25, -0.2) is 4.39 Å². The van der Waals surface area contributed by atoms with E-state index in [1.807, 2.05) is 13.0 Å². The molecule has 1 aliphatic rings. The molecule has 1 aliphatic heterocycles. The molecule has 1 saturated heterocycles. The maximum absolute atomic E-state index is 13.6. The summed E-state index contributed by atoms with van der Waals surface area (Å²) in [6.45, 7) is 4.40. The molecule has 0 aromatic heterocycles. The number of anilines is 1. The molecule has 0 N–H and O–H groups in total. The number of rotatable bonds is 2. The normalized spacial score (nSPS) is 21.2. The molecule has 2 rings (SSSR count). The van der Waals surface area contributed by atoms with Crippen LogP contribution < -0.4 is 4.90 Å². The zero-order chi connectivity index (χ0) is 11.5. The van der Waals surface area contributed by atoms with Crippen LogP contribution in [-0.2, 0) is 10.1 Å². The summed E-state index contributed by atoms with van der Waals surface area (Å²) in [7, 11) is 0. The Morgan fingerprint density at radius 3 is 3.06 bits per heavy atom. The first kappa shape index (κ1) is 11.9. The molecular formula is C12H15BrFNO. The Hall–Kier alpha value is -0.610. The fourth-order valence-electron chi connectivity index (χ4n) is 2.01. The van der Waals surface area contributed by atoms with Crippen molar-refractivity contribution >= 4 is 21.6 Å². The first-order valence-electron chi connectivity index (χ1n) is 5.42. The summed E-state index contributed by atoms with van der Waals surface area (Å²) in [6.07, 6.45) is 0.209. The minimum absolute atomic E-state index is 0.145. The van der Waals surface area contributed by atoms with Crippen LogP contribution in [0, 0.1) is 5.82 Å². The highest BCUT2D eigenvalue weighted by Gasteiger charge is 2.20. The first-order valence-corrected chi connectivity index (χ1v) is 6.54. The number of halogens is 2. The second-order valence-corrected chi connectivity index (χ2v) is 4.56. The van der Waals surface area contributed by atoms with Gasteiger partial charge in [0.05, 0.1) is 12.7 Å². The summed E-state index contributed by atoms with van der Waals surface area (Å²) in [5, 5.41) is 0.542. The molecule has 1 aromatic rings. The molecule has 1 unspecified atom stereocenters. The standard InChI is InChI=1S/C12H15BrFNO/c1-9-8-15(5-6-16-9)12-4-2-3-11(14)10(12)7-13/h2-4,9H,5-8H2,1H3. The van der Waals surface area contributed by atoms with E-state index >= 15 is 0 Å². The van der Waals surface area contributed by atoms with Crippen LogP contribution in [0.5, 0.6) is 0 Å². The molecule has 0 aliphatic carbocycles. The summed E-state index contributed by atoms with van der Waals surface area (Å²) in [6, 6.07) is 5.23. The lowest BCUT2D eigenvalue weighted by atomic mass is 10.1. The molecule has 1 heterocycles. The zero-order valence-corrected chi connectivity index (χ0v) is 10.8. The molecule has 0 saturated carbocycles. The minimum atomic E-state index is -0.145. The van der Waals surface area contributed by atoms with Gasteiger partial charge in [0, 0.05) is 29.7 Å². The van der Waals surface area contributed by atoms with Crippen molar-refractivity contribution in [3.63, 3.8) is 0 Å². The molecule has 0 bridgehead atoms. The average molecular weight is 288 g/mol. The van der Waals surface area contributed by atoms with Crippen LogP contribution in [0.15, 0.2) is 18.2 Å². The topological polar surface area (TPSA) is 12.5 Å². The van der Waals surface area contributed by atoms with E-state index in [0.717, 1.165) is 24.3 Å². The van der Waals surface area contributed by atoms with Gasteiger partial charge in [-0.05, 0) is 19.1 Å². The SMILES string of the molecule is CC1CN(c2cccc(F)c2CBr)CCO1. The van der Waals surface area contributed by atoms with Crippen molar-refractivity contribution in [2.45, 2.75) is 18.4 Å². The van der Waals surface area contributed by atoms with E-state index in [1.165, 1.54) is 6.07 Å². The van der Waals surface area contributed by atoms with Crippen LogP contribution in [0.4, 0.5) is 10.1 Å². The molecule has 0 amide bonds. The van der Waals surface area contributed by atoms with E-state index in [0.29, 0.717) is 11.9 Å². The highest BCUT2D eigenvalue weighted by molar-refractivity contribution is 9.08. The fourth-order valence-corrected chi connectivity index (χ4v) is 2.57. The van der Waals surface area contributed by atoms with Crippen molar-refractivity contribution in [1.29, 1.82) is 0 Å². The van der Waals surface area contributed by atoms with Crippen LogP contribution in [0.25, 0.3) is 0 Å². The molecule has 1 aromatic carbocycles. The fraction of sp³-hybridized carbons (Fsp3) is 0.500. The molecule has 0 radical (unpaired) electrons. The molecule has 0 spiro atoms. The Kier molecular flexibility index (Phi) is 3.82. The number of nitrogens with zero attached hydrogens (tertiary/aromatic N) is 1. The lowest BCUT2D eigenvalue weighted by Gasteiger charge is -2.34. The van der Waals surface area contributed by atoms with Crippen LogP contribution in [-0.4, -0.2) is 25.8 Å². The van der Waals surface area contributed by atoms with Crippen molar-refractivity contribution in [3.8, 4) is 0 Å². The monoisotopic (exact) mass is 287 g/mol. The minimum Gasteiger partial charge on any atom is -0.375 e. The summed E-state index contributed by atoms with van der Waals surface area (Å²) < 4.78 is 19.1. The second-order valence-electron chi connectivity index (χ2n) is 4.00. The van der Waals surface area contributed by atoms with Crippen LogP contribution in [0.1, 0.15) is 12.5 Å². The van der Waals surface area contributed by atoms with Gasteiger partial charge < -0.3 is 9.64 Å². The summed E-state index contributed by atoms with van der Waals surface area (Å²) >= 11 is 3.34. The van der Waals surface area contributed by atoms with Crippen LogP contribution >= 0.6 is 15.9 Å². The smallest absolute Gasteiger partial charge is 0.129 e. The van der Waals surface area contributed by atoms with Gasteiger partial charge in [0.1, 0.15) is 5.82 Å². The summed E-state index contributed by atoms with van der Waals surface area (Å²) in [5.41, 5.74) is 1.71. The van der Waals surface area contributed by atoms with Crippen LogP contribution in [0.2, 0.25) is 0 Å². The Balaban J connectivity index is 2.28. The molecule has 2 nitrogen and oxygen atoms in total. The zero-order valence-electron chi connectivity index (χ0n) is 9.25. The molecule has 1 atom stereocenters. The number of morpholine rings is 1. The highest BCUT2D eigenvalue weighted by atomic mass is 79.9. The van der Waals surface area contributed by atoms with E-state index < -0.39 is 0 Å². The van der Waals surface area contributed by atoms with Gasteiger partial charge in [-0.15, -0.1) is 0 Å². The number of ether oxygens (including phenoxy) is 1.